The molecule has 182 valence electrons. The van der Waals surface area contributed by atoms with Crippen LogP contribution in [0.2, 0.25) is 0 Å². The van der Waals surface area contributed by atoms with Crippen LogP contribution in [0.4, 0.5) is 10.1 Å². The van der Waals surface area contributed by atoms with Gasteiger partial charge in [-0.2, -0.15) is 0 Å². The van der Waals surface area contributed by atoms with E-state index in [0.717, 1.165) is 0 Å². The van der Waals surface area contributed by atoms with E-state index in [4.69, 9.17) is 4.74 Å². The van der Waals surface area contributed by atoms with Crippen molar-refractivity contribution in [1.82, 2.24) is 4.31 Å². The highest BCUT2D eigenvalue weighted by molar-refractivity contribution is 7.88. The Balaban J connectivity index is 1.68. The zero-order valence-corrected chi connectivity index (χ0v) is 19.6. The third-order valence-electron chi connectivity index (χ3n) is 5.62. The Kier molecular flexibility index (Phi) is 8.00. The molecule has 1 amide bonds. The summed E-state index contributed by atoms with van der Waals surface area (Å²) in [6.07, 6.45) is 0.485. The number of rotatable bonds is 7. The highest BCUT2D eigenvalue weighted by Gasteiger charge is 2.32. The van der Waals surface area contributed by atoms with E-state index in [1.165, 1.54) is 54.9 Å². The molecule has 11 heteroatoms. The number of hydrogen-bond donors (Lipinski definition) is 1. The van der Waals surface area contributed by atoms with Crippen LogP contribution in [0, 0.1) is 11.7 Å². The third kappa shape index (κ3) is 5.78. The molecule has 0 radical (unpaired) electrons. The van der Waals surface area contributed by atoms with Gasteiger partial charge in [-0.25, -0.2) is 26.7 Å². The number of nitrogens with zero attached hydrogens (tertiary/aromatic N) is 1. The van der Waals surface area contributed by atoms with Crippen LogP contribution in [0.25, 0.3) is 0 Å². The molecule has 3 rings (SSSR count). The number of nitrogens with one attached hydrogen (secondary N) is 1. The van der Waals surface area contributed by atoms with E-state index in [0.29, 0.717) is 0 Å². The first kappa shape index (κ1) is 25.3. The number of hydrogen-bond acceptors (Lipinski definition) is 7. The van der Waals surface area contributed by atoms with E-state index in [-0.39, 0.29) is 48.3 Å². The molecule has 1 aliphatic rings. The van der Waals surface area contributed by atoms with Crippen LogP contribution in [0.1, 0.15) is 39.1 Å². The van der Waals surface area contributed by atoms with Gasteiger partial charge in [0.15, 0.2) is 0 Å². The fourth-order valence-corrected chi connectivity index (χ4v) is 5.29. The van der Waals surface area contributed by atoms with Gasteiger partial charge in [-0.1, -0.05) is 18.2 Å². The first-order valence-electron chi connectivity index (χ1n) is 10.5. The van der Waals surface area contributed by atoms with Crippen molar-refractivity contribution in [3.8, 4) is 0 Å². The number of benzene rings is 2. The van der Waals surface area contributed by atoms with Gasteiger partial charge < -0.3 is 14.8 Å². The van der Waals surface area contributed by atoms with Crippen LogP contribution in [0.3, 0.4) is 0 Å². The van der Waals surface area contributed by atoms with E-state index in [2.05, 4.69) is 10.1 Å². The summed E-state index contributed by atoms with van der Waals surface area (Å²) in [5, 5.41) is 2.65. The summed E-state index contributed by atoms with van der Waals surface area (Å²) in [4.78, 5) is 36.8. The lowest BCUT2D eigenvalue weighted by atomic mass is 9.97. The number of esters is 2. The highest BCUT2D eigenvalue weighted by atomic mass is 32.2. The Hall–Kier alpha value is -3.31. The molecule has 1 aliphatic heterocycles. The van der Waals surface area contributed by atoms with E-state index in [9.17, 15) is 27.2 Å². The van der Waals surface area contributed by atoms with Gasteiger partial charge in [0, 0.05) is 24.6 Å². The van der Waals surface area contributed by atoms with Crippen LogP contribution < -0.4 is 5.32 Å². The van der Waals surface area contributed by atoms with Crippen LogP contribution in [-0.2, 0) is 30.0 Å². The number of piperidine rings is 1. The molecule has 0 aromatic heterocycles. The molecule has 1 saturated heterocycles. The molecule has 0 bridgehead atoms. The van der Waals surface area contributed by atoms with Crippen molar-refractivity contribution < 1.29 is 36.7 Å². The summed E-state index contributed by atoms with van der Waals surface area (Å²) in [6, 6.07) is 9.75. The second-order valence-electron chi connectivity index (χ2n) is 7.75. The molecular weight excluding hydrogens is 467 g/mol. The number of carbonyl (C=O) groups is 3. The van der Waals surface area contributed by atoms with Gasteiger partial charge in [-0.3, -0.25) is 4.79 Å². The van der Waals surface area contributed by atoms with E-state index in [1.54, 1.807) is 6.07 Å². The zero-order chi connectivity index (χ0) is 24.9. The molecule has 1 fully saturated rings. The van der Waals surface area contributed by atoms with Gasteiger partial charge in [0.25, 0.3) is 0 Å². The maximum atomic E-state index is 13.9. The number of methoxy groups -OCH3 is 2. The van der Waals surface area contributed by atoms with Crippen LogP contribution in [0.5, 0.6) is 0 Å². The maximum absolute atomic E-state index is 13.9. The zero-order valence-electron chi connectivity index (χ0n) is 18.7. The molecular formula is C23H25FN2O7S. The van der Waals surface area contributed by atoms with Crippen molar-refractivity contribution >= 4 is 33.6 Å². The van der Waals surface area contributed by atoms with Gasteiger partial charge >= 0.3 is 11.9 Å². The number of ether oxygens (including phenoxy) is 2. The maximum Gasteiger partial charge on any atom is 0.339 e. The number of sulfonamides is 1. The van der Waals surface area contributed by atoms with Crippen molar-refractivity contribution in [2.45, 2.75) is 18.6 Å². The van der Waals surface area contributed by atoms with Crippen LogP contribution in [-0.4, -0.2) is 57.9 Å². The monoisotopic (exact) mass is 492 g/mol. The highest BCUT2D eigenvalue weighted by Crippen LogP contribution is 2.26. The van der Waals surface area contributed by atoms with Crippen molar-refractivity contribution in [3.63, 3.8) is 0 Å². The normalized spacial score (nSPS) is 14.9. The minimum absolute atomic E-state index is 0.0633. The summed E-state index contributed by atoms with van der Waals surface area (Å²) in [6.45, 7) is 0.196. The smallest absolute Gasteiger partial charge is 0.339 e. The number of amides is 1. The fourth-order valence-electron chi connectivity index (χ4n) is 3.71. The molecule has 9 nitrogen and oxygen atoms in total. The van der Waals surface area contributed by atoms with Gasteiger partial charge in [-0.15, -0.1) is 0 Å². The standard InChI is InChI=1S/C23H25FN2O7S/c1-32-22(28)16-7-8-18(23(29)33-2)20(13-16)25-21(27)15-9-11-26(12-10-15)34(30,31)14-17-5-3-4-6-19(17)24/h3-8,13,15H,9-12,14H2,1-2H3,(H,25,27). The fraction of sp³-hybridized carbons (Fsp3) is 0.348. The van der Waals surface area contributed by atoms with Crippen LogP contribution >= 0.6 is 0 Å². The minimum atomic E-state index is -3.76. The molecule has 1 N–H and O–H groups in total. The Morgan fingerprint density at radius 1 is 1.03 bits per heavy atom. The molecule has 0 aliphatic carbocycles. The first-order chi connectivity index (χ1) is 16.2. The minimum Gasteiger partial charge on any atom is -0.465 e. The molecule has 34 heavy (non-hydrogen) atoms. The topological polar surface area (TPSA) is 119 Å². The second kappa shape index (κ2) is 10.7. The number of carbonyl (C=O) groups excluding carboxylic acids is 3. The lowest BCUT2D eigenvalue weighted by molar-refractivity contribution is -0.120. The molecule has 2 aromatic rings. The lowest BCUT2D eigenvalue weighted by Gasteiger charge is -2.30. The summed E-state index contributed by atoms with van der Waals surface area (Å²) in [5.41, 5.74) is 0.380. The van der Waals surface area contributed by atoms with Crippen molar-refractivity contribution in [2.75, 3.05) is 32.6 Å². The second-order valence-corrected chi connectivity index (χ2v) is 9.72. The Morgan fingerprint density at radius 3 is 2.29 bits per heavy atom. The predicted molar refractivity (Wildman–Crippen MR) is 121 cm³/mol. The van der Waals surface area contributed by atoms with Crippen molar-refractivity contribution in [3.05, 3.63) is 65.0 Å². The summed E-state index contributed by atoms with van der Waals surface area (Å²) >= 11 is 0. The van der Waals surface area contributed by atoms with E-state index >= 15 is 0 Å². The molecule has 0 saturated carbocycles. The molecule has 2 aromatic carbocycles. The average molecular weight is 493 g/mol. The Bertz CT molecular complexity index is 1190. The molecule has 0 atom stereocenters. The summed E-state index contributed by atoms with van der Waals surface area (Å²) < 4.78 is 50.0. The molecule has 0 unspecified atom stereocenters. The average Bonchev–Trinajstić information content (AvgIpc) is 2.84. The SMILES string of the molecule is COC(=O)c1ccc(C(=O)OC)c(NC(=O)C2CCN(S(=O)(=O)Cc3ccccc3F)CC2)c1. The van der Waals surface area contributed by atoms with E-state index < -0.39 is 45.4 Å². The summed E-state index contributed by atoms with van der Waals surface area (Å²) in [5.74, 6) is -3.32. The summed E-state index contributed by atoms with van der Waals surface area (Å²) in [7, 11) is -1.35. The van der Waals surface area contributed by atoms with Crippen molar-refractivity contribution in [1.29, 1.82) is 0 Å². The lowest BCUT2D eigenvalue weighted by Crippen LogP contribution is -2.42. The van der Waals surface area contributed by atoms with Gasteiger partial charge in [0.2, 0.25) is 15.9 Å². The Morgan fingerprint density at radius 2 is 1.68 bits per heavy atom. The molecule has 1 heterocycles. The van der Waals surface area contributed by atoms with Gasteiger partial charge in [0.05, 0.1) is 36.8 Å². The van der Waals surface area contributed by atoms with Gasteiger partial charge in [-0.05, 0) is 37.1 Å². The van der Waals surface area contributed by atoms with E-state index in [1.807, 2.05) is 0 Å². The quantitative estimate of drug-likeness (QED) is 0.590. The first-order valence-corrected chi connectivity index (χ1v) is 12.1. The number of halogens is 1. The predicted octanol–water partition coefficient (Wildman–Crippen LogP) is 2.58. The van der Waals surface area contributed by atoms with Crippen molar-refractivity contribution in [2.24, 2.45) is 5.92 Å². The third-order valence-corrected chi connectivity index (χ3v) is 7.45. The van der Waals surface area contributed by atoms with Crippen LogP contribution in [0.15, 0.2) is 42.5 Å². The number of anilines is 1. The largest absolute Gasteiger partial charge is 0.465 e. The van der Waals surface area contributed by atoms with Gasteiger partial charge in [0.1, 0.15) is 5.82 Å². The molecule has 0 spiro atoms. The Labute approximate surface area is 196 Å².